The van der Waals surface area contributed by atoms with Crippen molar-refractivity contribution < 1.29 is 9.84 Å². The Kier molecular flexibility index (Phi) is 4.75. The molecule has 0 aromatic heterocycles. The molecule has 3 heteroatoms. The average Bonchev–Trinajstić information content (AvgIpc) is 2.41. The van der Waals surface area contributed by atoms with E-state index in [-0.39, 0.29) is 0 Å². The molecule has 0 bridgehead atoms. The van der Waals surface area contributed by atoms with Crippen LogP contribution < -0.4 is 5.32 Å². The number of ether oxygens (including phenoxy) is 1. The van der Waals surface area contributed by atoms with E-state index in [9.17, 15) is 5.11 Å². The Morgan fingerprint density at radius 3 is 2.78 bits per heavy atom. The van der Waals surface area contributed by atoms with Gasteiger partial charge in [-0.05, 0) is 31.9 Å². The van der Waals surface area contributed by atoms with E-state index in [1.807, 2.05) is 30.3 Å². The summed E-state index contributed by atoms with van der Waals surface area (Å²) in [6, 6.07) is 10.1. The summed E-state index contributed by atoms with van der Waals surface area (Å²) >= 11 is 0. The van der Waals surface area contributed by atoms with Crippen LogP contribution in [0, 0.1) is 0 Å². The van der Waals surface area contributed by atoms with Gasteiger partial charge in [0.1, 0.15) is 5.60 Å². The van der Waals surface area contributed by atoms with Crippen molar-refractivity contribution in [3.63, 3.8) is 0 Å². The molecule has 0 aliphatic carbocycles. The summed E-state index contributed by atoms with van der Waals surface area (Å²) in [4.78, 5) is 0. The molecule has 2 atom stereocenters. The zero-order chi connectivity index (χ0) is 12.8. The third-order valence-electron chi connectivity index (χ3n) is 3.51. The minimum absolute atomic E-state index is 0.342. The van der Waals surface area contributed by atoms with Gasteiger partial charge in [0, 0.05) is 6.04 Å². The second-order valence-corrected chi connectivity index (χ2v) is 5.30. The van der Waals surface area contributed by atoms with E-state index in [1.165, 1.54) is 19.3 Å². The molecule has 0 spiro atoms. The Morgan fingerprint density at radius 1 is 1.33 bits per heavy atom. The molecular weight excluding hydrogens is 226 g/mol. The molecule has 3 nitrogen and oxygen atoms in total. The number of hydrogen-bond donors (Lipinski definition) is 2. The molecule has 100 valence electrons. The molecule has 1 heterocycles. The quantitative estimate of drug-likeness (QED) is 0.839. The second-order valence-electron chi connectivity index (χ2n) is 5.30. The second kappa shape index (κ2) is 6.32. The van der Waals surface area contributed by atoms with Crippen LogP contribution in [0.5, 0.6) is 0 Å². The van der Waals surface area contributed by atoms with Crippen LogP contribution in [0.3, 0.4) is 0 Å². The molecule has 0 amide bonds. The lowest BCUT2D eigenvalue weighted by Crippen LogP contribution is -2.39. The van der Waals surface area contributed by atoms with Gasteiger partial charge in [-0.15, -0.1) is 0 Å². The Hall–Kier alpha value is -0.900. The number of nitrogens with one attached hydrogen (secondary N) is 1. The molecule has 1 aliphatic rings. The first-order chi connectivity index (χ1) is 8.68. The van der Waals surface area contributed by atoms with Crippen LogP contribution in [0.2, 0.25) is 0 Å². The Bertz CT molecular complexity index is 345. The van der Waals surface area contributed by atoms with Gasteiger partial charge >= 0.3 is 0 Å². The smallest absolute Gasteiger partial charge is 0.110 e. The first-order valence-electron chi connectivity index (χ1n) is 6.77. The SMILES string of the molecule is CC(O)(COCC1CCCCN1)c1ccccc1. The number of hydrogen-bond acceptors (Lipinski definition) is 3. The van der Waals surface area contributed by atoms with Crippen molar-refractivity contribution in [1.82, 2.24) is 5.32 Å². The van der Waals surface area contributed by atoms with Gasteiger partial charge in [0.05, 0.1) is 13.2 Å². The summed E-state index contributed by atoms with van der Waals surface area (Å²) in [5, 5.41) is 13.8. The van der Waals surface area contributed by atoms with Crippen LogP contribution in [-0.2, 0) is 10.3 Å². The highest BCUT2D eigenvalue weighted by atomic mass is 16.5. The molecule has 1 fully saturated rings. The molecule has 2 N–H and O–H groups in total. The van der Waals surface area contributed by atoms with Gasteiger partial charge in [-0.3, -0.25) is 0 Å². The van der Waals surface area contributed by atoms with E-state index < -0.39 is 5.60 Å². The van der Waals surface area contributed by atoms with Gasteiger partial charge in [0.25, 0.3) is 0 Å². The first-order valence-corrected chi connectivity index (χ1v) is 6.77. The van der Waals surface area contributed by atoms with Gasteiger partial charge in [0.2, 0.25) is 0 Å². The molecule has 2 unspecified atom stereocenters. The molecular formula is C15H23NO2. The largest absolute Gasteiger partial charge is 0.383 e. The zero-order valence-electron chi connectivity index (χ0n) is 11.1. The van der Waals surface area contributed by atoms with E-state index in [2.05, 4.69) is 5.32 Å². The van der Waals surface area contributed by atoms with Crippen LogP contribution in [-0.4, -0.2) is 30.9 Å². The fraction of sp³-hybridized carbons (Fsp3) is 0.600. The van der Waals surface area contributed by atoms with Gasteiger partial charge in [0.15, 0.2) is 0 Å². The highest BCUT2D eigenvalue weighted by Crippen LogP contribution is 2.20. The van der Waals surface area contributed by atoms with Gasteiger partial charge in [-0.2, -0.15) is 0 Å². The Balaban J connectivity index is 1.78. The van der Waals surface area contributed by atoms with Crippen LogP contribution in [0.15, 0.2) is 30.3 Å². The lowest BCUT2D eigenvalue weighted by molar-refractivity contribution is -0.0438. The number of aliphatic hydroxyl groups is 1. The number of rotatable bonds is 5. The maximum atomic E-state index is 10.4. The molecule has 0 saturated carbocycles. The van der Waals surface area contributed by atoms with E-state index in [0.717, 1.165) is 12.1 Å². The van der Waals surface area contributed by atoms with E-state index in [0.29, 0.717) is 19.3 Å². The normalized spacial score (nSPS) is 23.6. The summed E-state index contributed by atoms with van der Waals surface area (Å²) in [6.07, 6.45) is 3.71. The molecule has 1 aromatic carbocycles. The highest BCUT2D eigenvalue weighted by Gasteiger charge is 2.23. The predicted octanol–water partition coefficient (Wildman–Crippen LogP) is 2.05. The lowest BCUT2D eigenvalue weighted by atomic mass is 9.97. The lowest BCUT2D eigenvalue weighted by Gasteiger charge is -2.27. The van der Waals surface area contributed by atoms with Gasteiger partial charge < -0.3 is 15.2 Å². The minimum atomic E-state index is -0.907. The highest BCUT2D eigenvalue weighted by molar-refractivity contribution is 5.21. The standard InChI is InChI=1S/C15H23NO2/c1-15(17,13-7-3-2-4-8-13)12-18-11-14-9-5-6-10-16-14/h2-4,7-8,14,16-17H,5-6,9-12H2,1H3. The van der Waals surface area contributed by atoms with Crippen molar-refractivity contribution >= 4 is 0 Å². The fourth-order valence-corrected chi connectivity index (χ4v) is 2.35. The van der Waals surface area contributed by atoms with E-state index in [1.54, 1.807) is 6.92 Å². The summed E-state index contributed by atoms with van der Waals surface area (Å²) < 4.78 is 5.68. The molecule has 2 rings (SSSR count). The Labute approximate surface area is 109 Å². The summed E-state index contributed by atoms with van der Waals surface area (Å²) in [7, 11) is 0. The van der Waals surface area contributed by atoms with Crippen molar-refractivity contribution in [2.24, 2.45) is 0 Å². The van der Waals surface area contributed by atoms with Crippen molar-refractivity contribution in [1.29, 1.82) is 0 Å². The van der Waals surface area contributed by atoms with Crippen LogP contribution in [0.25, 0.3) is 0 Å². The minimum Gasteiger partial charge on any atom is -0.383 e. The molecule has 0 radical (unpaired) electrons. The third-order valence-corrected chi connectivity index (χ3v) is 3.51. The fourth-order valence-electron chi connectivity index (χ4n) is 2.35. The van der Waals surface area contributed by atoms with Crippen LogP contribution >= 0.6 is 0 Å². The predicted molar refractivity (Wildman–Crippen MR) is 72.5 cm³/mol. The first kappa shape index (κ1) is 13.5. The number of benzene rings is 1. The third kappa shape index (κ3) is 3.80. The zero-order valence-corrected chi connectivity index (χ0v) is 11.1. The van der Waals surface area contributed by atoms with Crippen LogP contribution in [0.4, 0.5) is 0 Å². The maximum Gasteiger partial charge on any atom is 0.110 e. The van der Waals surface area contributed by atoms with Crippen molar-refractivity contribution in [2.75, 3.05) is 19.8 Å². The summed E-state index contributed by atoms with van der Waals surface area (Å²) in [5.74, 6) is 0. The van der Waals surface area contributed by atoms with E-state index >= 15 is 0 Å². The molecule has 18 heavy (non-hydrogen) atoms. The molecule has 1 saturated heterocycles. The van der Waals surface area contributed by atoms with Crippen LogP contribution in [0.1, 0.15) is 31.7 Å². The summed E-state index contributed by atoms with van der Waals surface area (Å²) in [6.45, 7) is 3.91. The van der Waals surface area contributed by atoms with Crippen molar-refractivity contribution in [2.45, 2.75) is 37.8 Å². The van der Waals surface area contributed by atoms with Crippen molar-refractivity contribution in [3.8, 4) is 0 Å². The number of piperidine rings is 1. The van der Waals surface area contributed by atoms with Crippen molar-refractivity contribution in [3.05, 3.63) is 35.9 Å². The van der Waals surface area contributed by atoms with Gasteiger partial charge in [-0.25, -0.2) is 0 Å². The Morgan fingerprint density at radius 2 is 2.11 bits per heavy atom. The molecule has 1 aliphatic heterocycles. The monoisotopic (exact) mass is 249 g/mol. The molecule has 1 aromatic rings. The van der Waals surface area contributed by atoms with E-state index in [4.69, 9.17) is 4.74 Å². The summed E-state index contributed by atoms with van der Waals surface area (Å²) in [5.41, 5.74) is -0.00256. The maximum absolute atomic E-state index is 10.4. The van der Waals surface area contributed by atoms with Gasteiger partial charge in [-0.1, -0.05) is 36.8 Å². The topological polar surface area (TPSA) is 41.5 Å². The average molecular weight is 249 g/mol.